The Morgan fingerprint density at radius 1 is 1.22 bits per heavy atom. The molecule has 6 heteroatoms. The number of carbonyl (C=O) groups is 1. The topological polar surface area (TPSA) is 61.5 Å². The minimum atomic E-state index is -0.268. The van der Waals surface area contributed by atoms with Crippen LogP contribution in [0.3, 0.4) is 0 Å². The average molecular weight is 314 g/mol. The molecule has 1 N–H and O–H groups in total. The van der Waals surface area contributed by atoms with Crippen LogP contribution in [0.25, 0.3) is 0 Å². The number of hydrogen-bond acceptors (Lipinski definition) is 4. The molecule has 23 heavy (non-hydrogen) atoms. The zero-order chi connectivity index (χ0) is 16.1. The van der Waals surface area contributed by atoms with E-state index in [4.69, 9.17) is 4.74 Å². The van der Waals surface area contributed by atoms with Crippen molar-refractivity contribution < 1.29 is 9.53 Å². The van der Waals surface area contributed by atoms with Crippen LogP contribution in [0.5, 0.6) is 5.75 Å². The fourth-order valence-electron chi connectivity index (χ4n) is 2.76. The van der Waals surface area contributed by atoms with E-state index in [0.29, 0.717) is 12.3 Å². The Labute approximate surface area is 136 Å². The van der Waals surface area contributed by atoms with Gasteiger partial charge in [-0.2, -0.15) is 0 Å². The lowest BCUT2D eigenvalue weighted by molar-refractivity contribution is 0.153. The molecule has 1 aliphatic heterocycles. The summed E-state index contributed by atoms with van der Waals surface area (Å²) in [6.07, 6.45) is 2.55. The zero-order valence-corrected chi connectivity index (χ0v) is 13.4. The van der Waals surface area contributed by atoms with Gasteiger partial charge in [0.25, 0.3) is 0 Å². The van der Waals surface area contributed by atoms with Crippen LogP contribution in [0, 0.1) is 6.92 Å². The first-order valence-corrected chi connectivity index (χ1v) is 7.95. The van der Waals surface area contributed by atoms with Crippen molar-refractivity contribution in [1.29, 1.82) is 0 Å². The van der Waals surface area contributed by atoms with E-state index in [9.17, 15) is 4.79 Å². The maximum atomic E-state index is 12.3. The quantitative estimate of drug-likeness (QED) is 0.945. The van der Waals surface area contributed by atoms with Gasteiger partial charge in [0.15, 0.2) is 0 Å². The summed E-state index contributed by atoms with van der Waals surface area (Å²) in [5.41, 5.74) is 1.11. The summed E-state index contributed by atoms with van der Waals surface area (Å²) in [7, 11) is 0. The molecular formula is C17H22N4O2. The van der Waals surface area contributed by atoms with Crippen LogP contribution in [-0.4, -0.2) is 52.0 Å². The SMILES string of the molecule is Cc1ncc(CN2CCCN(C(=O)Oc3ccccc3)CC2)[nH]1. The minimum Gasteiger partial charge on any atom is -0.410 e. The van der Waals surface area contributed by atoms with Crippen molar-refractivity contribution in [2.75, 3.05) is 26.2 Å². The Morgan fingerprint density at radius 2 is 2.04 bits per heavy atom. The van der Waals surface area contributed by atoms with E-state index >= 15 is 0 Å². The molecule has 0 radical (unpaired) electrons. The predicted octanol–water partition coefficient (Wildman–Crippen LogP) is 2.42. The molecule has 3 rings (SSSR count). The molecule has 0 unspecified atom stereocenters. The maximum absolute atomic E-state index is 12.3. The number of aromatic nitrogens is 2. The van der Waals surface area contributed by atoms with Gasteiger partial charge < -0.3 is 14.6 Å². The summed E-state index contributed by atoms with van der Waals surface area (Å²) in [4.78, 5) is 23.9. The van der Waals surface area contributed by atoms with E-state index in [0.717, 1.165) is 44.1 Å². The van der Waals surface area contributed by atoms with Crippen molar-refractivity contribution in [3.8, 4) is 5.75 Å². The summed E-state index contributed by atoms with van der Waals surface area (Å²) >= 11 is 0. The number of ether oxygens (including phenoxy) is 1. The second-order valence-electron chi connectivity index (χ2n) is 5.79. The van der Waals surface area contributed by atoms with E-state index in [2.05, 4.69) is 14.9 Å². The fourth-order valence-corrected chi connectivity index (χ4v) is 2.76. The number of benzene rings is 1. The van der Waals surface area contributed by atoms with Crippen LogP contribution in [0.1, 0.15) is 17.9 Å². The van der Waals surface area contributed by atoms with Crippen LogP contribution in [0.15, 0.2) is 36.5 Å². The largest absolute Gasteiger partial charge is 0.415 e. The number of rotatable bonds is 3. The Balaban J connectivity index is 1.52. The molecule has 0 aliphatic carbocycles. The Kier molecular flexibility index (Phi) is 4.92. The van der Waals surface area contributed by atoms with Crippen molar-refractivity contribution in [3.63, 3.8) is 0 Å². The van der Waals surface area contributed by atoms with Gasteiger partial charge in [0.1, 0.15) is 11.6 Å². The highest BCUT2D eigenvalue weighted by molar-refractivity contribution is 5.70. The van der Waals surface area contributed by atoms with Gasteiger partial charge in [0, 0.05) is 44.6 Å². The van der Waals surface area contributed by atoms with Crippen LogP contribution >= 0.6 is 0 Å². The predicted molar refractivity (Wildman–Crippen MR) is 87.3 cm³/mol. The fraction of sp³-hybridized carbons (Fsp3) is 0.412. The van der Waals surface area contributed by atoms with Gasteiger partial charge in [-0.3, -0.25) is 4.90 Å². The van der Waals surface area contributed by atoms with E-state index in [1.165, 1.54) is 0 Å². The summed E-state index contributed by atoms with van der Waals surface area (Å²) in [5.74, 6) is 1.52. The van der Waals surface area contributed by atoms with E-state index in [1.54, 1.807) is 17.0 Å². The highest BCUT2D eigenvalue weighted by atomic mass is 16.6. The minimum absolute atomic E-state index is 0.268. The molecular weight excluding hydrogens is 292 g/mol. The molecule has 2 aromatic rings. The first-order valence-electron chi connectivity index (χ1n) is 7.95. The second-order valence-corrected chi connectivity index (χ2v) is 5.79. The molecule has 1 fully saturated rings. The number of amides is 1. The van der Waals surface area contributed by atoms with Gasteiger partial charge in [-0.25, -0.2) is 9.78 Å². The third kappa shape index (κ3) is 4.32. The number of hydrogen-bond donors (Lipinski definition) is 1. The van der Waals surface area contributed by atoms with E-state index < -0.39 is 0 Å². The van der Waals surface area contributed by atoms with Gasteiger partial charge in [-0.05, 0) is 25.5 Å². The first kappa shape index (κ1) is 15.6. The molecule has 6 nitrogen and oxygen atoms in total. The Hall–Kier alpha value is -2.34. The van der Waals surface area contributed by atoms with Gasteiger partial charge in [0.2, 0.25) is 0 Å². The molecule has 1 amide bonds. The Bertz CT molecular complexity index is 641. The number of aryl methyl sites for hydroxylation is 1. The number of nitrogens with zero attached hydrogens (tertiary/aromatic N) is 3. The smallest absolute Gasteiger partial charge is 0.410 e. The maximum Gasteiger partial charge on any atom is 0.415 e. The van der Waals surface area contributed by atoms with E-state index in [-0.39, 0.29) is 6.09 Å². The standard InChI is InChI=1S/C17H22N4O2/c1-14-18-12-15(19-14)13-20-8-5-9-21(11-10-20)17(22)23-16-6-3-2-4-7-16/h2-4,6-7,12H,5,8-11,13H2,1H3,(H,18,19). The highest BCUT2D eigenvalue weighted by Crippen LogP contribution is 2.13. The molecule has 2 heterocycles. The molecule has 0 bridgehead atoms. The van der Waals surface area contributed by atoms with Crippen LogP contribution < -0.4 is 4.74 Å². The van der Waals surface area contributed by atoms with Crippen LogP contribution in [-0.2, 0) is 6.54 Å². The lowest BCUT2D eigenvalue weighted by Gasteiger charge is -2.21. The van der Waals surface area contributed by atoms with Gasteiger partial charge in [-0.15, -0.1) is 0 Å². The monoisotopic (exact) mass is 314 g/mol. The number of para-hydroxylation sites is 1. The van der Waals surface area contributed by atoms with Gasteiger partial charge >= 0.3 is 6.09 Å². The number of H-pyrrole nitrogens is 1. The molecule has 0 saturated carbocycles. The van der Waals surface area contributed by atoms with Crippen molar-refractivity contribution in [2.24, 2.45) is 0 Å². The third-order valence-electron chi connectivity index (χ3n) is 3.94. The lowest BCUT2D eigenvalue weighted by Crippen LogP contribution is -2.37. The summed E-state index contributed by atoms with van der Waals surface area (Å²) in [6, 6.07) is 9.21. The molecule has 1 saturated heterocycles. The zero-order valence-electron chi connectivity index (χ0n) is 13.4. The normalized spacial score (nSPS) is 16.1. The van der Waals surface area contributed by atoms with Gasteiger partial charge in [0.05, 0.1) is 0 Å². The van der Waals surface area contributed by atoms with Crippen molar-refractivity contribution >= 4 is 6.09 Å². The number of imidazole rings is 1. The van der Waals surface area contributed by atoms with Crippen molar-refractivity contribution in [3.05, 3.63) is 48.0 Å². The lowest BCUT2D eigenvalue weighted by atomic mass is 10.3. The molecule has 122 valence electrons. The number of aromatic amines is 1. The van der Waals surface area contributed by atoms with Crippen molar-refractivity contribution in [2.45, 2.75) is 19.9 Å². The molecule has 0 atom stereocenters. The van der Waals surface area contributed by atoms with Crippen LogP contribution in [0.4, 0.5) is 4.79 Å². The highest BCUT2D eigenvalue weighted by Gasteiger charge is 2.21. The van der Waals surface area contributed by atoms with Gasteiger partial charge in [-0.1, -0.05) is 18.2 Å². The Morgan fingerprint density at radius 3 is 2.78 bits per heavy atom. The first-order chi connectivity index (χ1) is 11.2. The number of nitrogens with one attached hydrogen (secondary N) is 1. The average Bonchev–Trinajstić information content (AvgIpc) is 2.82. The molecule has 1 aromatic carbocycles. The summed E-state index contributed by atoms with van der Waals surface area (Å²) < 4.78 is 5.42. The van der Waals surface area contributed by atoms with Crippen LogP contribution in [0.2, 0.25) is 0 Å². The van der Waals surface area contributed by atoms with Crippen molar-refractivity contribution in [1.82, 2.24) is 19.8 Å². The third-order valence-corrected chi connectivity index (χ3v) is 3.94. The molecule has 1 aliphatic rings. The summed E-state index contributed by atoms with van der Waals surface area (Å²) in [5, 5.41) is 0. The second kappa shape index (κ2) is 7.28. The molecule has 1 aromatic heterocycles. The van der Waals surface area contributed by atoms with E-state index in [1.807, 2.05) is 31.3 Å². The summed E-state index contributed by atoms with van der Waals surface area (Å²) in [6.45, 7) is 5.99. The number of carbonyl (C=O) groups excluding carboxylic acids is 1. The molecule has 0 spiro atoms.